The Hall–Kier alpha value is -2.54. The molecule has 6 nitrogen and oxygen atoms in total. The zero-order valence-corrected chi connectivity index (χ0v) is 13.0. The van der Waals surface area contributed by atoms with Crippen molar-refractivity contribution < 1.29 is 9.72 Å². The van der Waals surface area contributed by atoms with Crippen molar-refractivity contribution in [2.75, 3.05) is 0 Å². The van der Waals surface area contributed by atoms with Crippen LogP contribution in [0.15, 0.2) is 58.1 Å². The fraction of sp³-hybridized carbons (Fsp3) is 0.0667. The zero-order valence-electron chi connectivity index (χ0n) is 11.4. The molecule has 0 radical (unpaired) electrons. The van der Waals surface area contributed by atoms with E-state index in [1.54, 1.807) is 18.2 Å². The van der Waals surface area contributed by atoms with Gasteiger partial charge in [0.2, 0.25) is 5.91 Å². The number of benzene rings is 2. The molecule has 0 spiro atoms. The molecule has 0 bridgehead atoms. The summed E-state index contributed by atoms with van der Waals surface area (Å²) in [5, 5.41) is 14.6. The summed E-state index contributed by atoms with van der Waals surface area (Å²) in [4.78, 5) is 22.1. The maximum Gasteiger partial charge on any atom is 0.278 e. The number of carbonyl (C=O) groups excluding carboxylic acids is 1. The Kier molecular flexibility index (Phi) is 5.37. The molecule has 2 rings (SSSR count). The average molecular weight is 362 g/mol. The Balaban J connectivity index is 1.96. The predicted molar refractivity (Wildman–Crippen MR) is 86.7 cm³/mol. The van der Waals surface area contributed by atoms with E-state index in [4.69, 9.17) is 0 Å². The molecular weight excluding hydrogens is 350 g/mol. The fourth-order valence-electron chi connectivity index (χ4n) is 1.76. The maximum absolute atomic E-state index is 11.7. The summed E-state index contributed by atoms with van der Waals surface area (Å²) >= 11 is 3.32. The van der Waals surface area contributed by atoms with Gasteiger partial charge in [-0.15, -0.1) is 0 Å². The van der Waals surface area contributed by atoms with Crippen molar-refractivity contribution in [3.8, 4) is 0 Å². The molecule has 0 saturated carbocycles. The number of hydrazone groups is 1. The van der Waals surface area contributed by atoms with Gasteiger partial charge in [-0.3, -0.25) is 14.9 Å². The van der Waals surface area contributed by atoms with Gasteiger partial charge in [0.25, 0.3) is 5.69 Å². The van der Waals surface area contributed by atoms with Gasteiger partial charge in [-0.25, -0.2) is 5.43 Å². The van der Waals surface area contributed by atoms with Crippen LogP contribution in [0, 0.1) is 10.1 Å². The summed E-state index contributed by atoms with van der Waals surface area (Å²) in [5.41, 5.74) is 3.47. The van der Waals surface area contributed by atoms with Crippen LogP contribution in [-0.4, -0.2) is 17.0 Å². The third-order valence-electron chi connectivity index (χ3n) is 2.80. The Bertz CT molecular complexity index is 714. The third kappa shape index (κ3) is 4.49. The number of nitrogens with zero attached hydrogens (tertiary/aromatic N) is 2. The van der Waals surface area contributed by atoms with E-state index in [1.807, 2.05) is 24.3 Å². The molecule has 22 heavy (non-hydrogen) atoms. The predicted octanol–water partition coefficient (Wildman–Crippen LogP) is 3.05. The topological polar surface area (TPSA) is 84.6 Å². The summed E-state index contributed by atoms with van der Waals surface area (Å²) in [5.74, 6) is -0.294. The van der Waals surface area contributed by atoms with E-state index in [0.717, 1.165) is 10.0 Å². The first kappa shape index (κ1) is 15.8. The molecule has 2 aromatic rings. The first-order valence-electron chi connectivity index (χ1n) is 6.36. The number of para-hydroxylation sites is 1. The van der Waals surface area contributed by atoms with Gasteiger partial charge in [-0.05, 0) is 23.8 Å². The van der Waals surface area contributed by atoms with Gasteiger partial charge in [0.1, 0.15) is 0 Å². The molecule has 1 amide bonds. The number of amides is 1. The molecule has 0 unspecified atom stereocenters. The summed E-state index contributed by atoms with van der Waals surface area (Å²) < 4.78 is 0.936. The van der Waals surface area contributed by atoms with Crippen LogP contribution < -0.4 is 5.43 Å². The number of nitro groups is 1. The summed E-state index contributed by atoms with van der Waals surface area (Å²) in [7, 11) is 0. The Morgan fingerprint density at radius 3 is 2.59 bits per heavy atom. The number of nitro benzene ring substituents is 1. The Labute approximate surface area is 135 Å². The van der Waals surface area contributed by atoms with Crippen molar-refractivity contribution in [1.29, 1.82) is 0 Å². The van der Waals surface area contributed by atoms with Crippen molar-refractivity contribution in [3.05, 3.63) is 74.2 Å². The van der Waals surface area contributed by atoms with E-state index < -0.39 is 4.92 Å². The van der Waals surface area contributed by atoms with Crippen LogP contribution in [0.4, 0.5) is 5.69 Å². The Morgan fingerprint density at radius 2 is 1.91 bits per heavy atom. The molecule has 0 atom stereocenters. The minimum absolute atomic E-state index is 0.0617. The van der Waals surface area contributed by atoms with Crippen LogP contribution in [0.25, 0.3) is 0 Å². The molecule has 0 aliphatic rings. The molecule has 112 valence electrons. The lowest BCUT2D eigenvalue weighted by atomic mass is 10.1. The molecule has 0 aromatic heterocycles. The fourth-order valence-corrected chi connectivity index (χ4v) is 2.03. The molecule has 0 heterocycles. The van der Waals surface area contributed by atoms with Crippen LogP contribution in [-0.2, 0) is 11.2 Å². The van der Waals surface area contributed by atoms with E-state index in [-0.39, 0.29) is 18.0 Å². The lowest BCUT2D eigenvalue weighted by Gasteiger charge is -2.01. The SMILES string of the molecule is O=C(Cc1ccc(Br)cc1)NN=Cc1ccccc1[N+](=O)[O-]. The standard InChI is InChI=1S/C15H12BrN3O3/c16-13-7-5-11(6-8-13)9-15(20)18-17-10-12-3-1-2-4-14(12)19(21)22/h1-8,10H,9H2,(H,18,20). The van der Waals surface area contributed by atoms with Gasteiger partial charge < -0.3 is 0 Å². The van der Waals surface area contributed by atoms with E-state index in [2.05, 4.69) is 26.5 Å². The lowest BCUT2D eigenvalue weighted by molar-refractivity contribution is -0.385. The van der Waals surface area contributed by atoms with Crippen molar-refractivity contribution in [1.82, 2.24) is 5.43 Å². The second kappa shape index (κ2) is 7.46. The van der Waals surface area contributed by atoms with Gasteiger partial charge in [0.05, 0.1) is 23.1 Å². The van der Waals surface area contributed by atoms with E-state index >= 15 is 0 Å². The van der Waals surface area contributed by atoms with Gasteiger partial charge in [0, 0.05) is 10.5 Å². The molecule has 7 heteroatoms. The Morgan fingerprint density at radius 1 is 1.23 bits per heavy atom. The molecule has 1 N–H and O–H groups in total. The molecule has 0 fully saturated rings. The largest absolute Gasteiger partial charge is 0.278 e. The summed E-state index contributed by atoms with van der Waals surface area (Å²) in [6.45, 7) is 0. The maximum atomic E-state index is 11.7. The monoisotopic (exact) mass is 361 g/mol. The second-order valence-corrected chi connectivity index (χ2v) is 5.33. The first-order chi connectivity index (χ1) is 10.6. The minimum Gasteiger partial charge on any atom is -0.273 e. The van der Waals surface area contributed by atoms with E-state index in [9.17, 15) is 14.9 Å². The van der Waals surface area contributed by atoms with Crippen molar-refractivity contribution in [2.45, 2.75) is 6.42 Å². The van der Waals surface area contributed by atoms with Crippen LogP contribution in [0.3, 0.4) is 0 Å². The quantitative estimate of drug-likeness (QED) is 0.504. The lowest BCUT2D eigenvalue weighted by Crippen LogP contribution is -2.19. The number of hydrogen-bond acceptors (Lipinski definition) is 4. The van der Waals surface area contributed by atoms with E-state index in [1.165, 1.54) is 12.3 Å². The van der Waals surface area contributed by atoms with Gasteiger partial charge >= 0.3 is 0 Å². The van der Waals surface area contributed by atoms with Crippen LogP contribution in [0.5, 0.6) is 0 Å². The number of rotatable bonds is 5. The van der Waals surface area contributed by atoms with Crippen LogP contribution in [0.2, 0.25) is 0 Å². The molecule has 0 aliphatic heterocycles. The average Bonchev–Trinajstić information content (AvgIpc) is 2.50. The zero-order chi connectivity index (χ0) is 15.9. The minimum atomic E-state index is -0.495. The van der Waals surface area contributed by atoms with Gasteiger partial charge in [-0.1, -0.05) is 40.2 Å². The number of carbonyl (C=O) groups is 1. The third-order valence-corrected chi connectivity index (χ3v) is 3.33. The summed E-state index contributed by atoms with van der Waals surface area (Å²) in [6, 6.07) is 13.5. The highest BCUT2D eigenvalue weighted by Crippen LogP contribution is 2.15. The highest BCUT2D eigenvalue weighted by atomic mass is 79.9. The number of hydrogen-bond donors (Lipinski definition) is 1. The second-order valence-electron chi connectivity index (χ2n) is 4.41. The van der Waals surface area contributed by atoms with Crippen molar-refractivity contribution in [2.24, 2.45) is 5.10 Å². The number of halogens is 1. The number of nitrogens with one attached hydrogen (secondary N) is 1. The smallest absolute Gasteiger partial charge is 0.273 e. The van der Waals surface area contributed by atoms with Crippen LogP contribution in [0.1, 0.15) is 11.1 Å². The highest BCUT2D eigenvalue weighted by Gasteiger charge is 2.10. The van der Waals surface area contributed by atoms with Crippen molar-refractivity contribution in [3.63, 3.8) is 0 Å². The van der Waals surface area contributed by atoms with Crippen molar-refractivity contribution >= 4 is 33.7 Å². The van der Waals surface area contributed by atoms with E-state index in [0.29, 0.717) is 5.56 Å². The highest BCUT2D eigenvalue weighted by molar-refractivity contribution is 9.10. The normalized spacial score (nSPS) is 10.6. The first-order valence-corrected chi connectivity index (χ1v) is 7.15. The van der Waals surface area contributed by atoms with Crippen LogP contribution >= 0.6 is 15.9 Å². The van der Waals surface area contributed by atoms with Gasteiger partial charge in [0.15, 0.2) is 0 Å². The molecular formula is C15H12BrN3O3. The molecule has 2 aromatic carbocycles. The summed E-state index contributed by atoms with van der Waals surface area (Å²) in [6.07, 6.45) is 1.44. The van der Waals surface area contributed by atoms with Gasteiger partial charge in [-0.2, -0.15) is 5.10 Å². The molecule has 0 saturated heterocycles. The molecule has 0 aliphatic carbocycles.